The number of alkyl halides is 6. The molecule has 136 valence electrons. The summed E-state index contributed by atoms with van der Waals surface area (Å²) in [5.74, 6) is -3.73. The highest BCUT2D eigenvalue weighted by atomic mass is 19.4. The summed E-state index contributed by atoms with van der Waals surface area (Å²) >= 11 is 0. The number of aliphatic carboxylic acids is 1. The van der Waals surface area contributed by atoms with Crippen molar-refractivity contribution >= 4 is 11.9 Å². The van der Waals surface area contributed by atoms with Gasteiger partial charge in [-0.05, 0) is 0 Å². The molecule has 2 rings (SSSR count). The predicted octanol–water partition coefficient (Wildman–Crippen LogP) is -1.16. The molecule has 0 aromatic carbocycles. The lowest BCUT2D eigenvalue weighted by Gasteiger charge is -2.15. The van der Waals surface area contributed by atoms with Gasteiger partial charge in [-0.25, -0.2) is 0 Å². The monoisotopic (exact) mass is 362 g/mol. The van der Waals surface area contributed by atoms with Gasteiger partial charge in [-0.15, -0.1) is 0 Å². The number of carboxylic acids is 1. The highest BCUT2D eigenvalue weighted by Gasteiger charge is 2.51. The minimum atomic E-state index is -5.19. The normalized spacial score (nSPS) is 22.3. The van der Waals surface area contributed by atoms with E-state index in [1.54, 1.807) is 0 Å². The smallest absolute Gasteiger partial charge is 0.430 e. The van der Waals surface area contributed by atoms with Crippen molar-refractivity contribution in [2.24, 2.45) is 0 Å². The van der Waals surface area contributed by atoms with Crippen molar-refractivity contribution in [3.63, 3.8) is 0 Å². The largest absolute Gasteiger partial charge is 0.542 e. The molecule has 0 radical (unpaired) electrons. The van der Waals surface area contributed by atoms with E-state index in [2.05, 4.69) is 11.1 Å². The molecule has 6 nitrogen and oxygen atoms in total. The molecule has 2 bridgehead atoms. The molecule has 12 heteroatoms. The molecule has 0 aromatic heterocycles. The average molecular weight is 362 g/mol. The number of amides is 1. The van der Waals surface area contributed by atoms with Crippen molar-refractivity contribution in [1.82, 2.24) is 5.32 Å². The zero-order valence-corrected chi connectivity index (χ0v) is 11.8. The van der Waals surface area contributed by atoms with Gasteiger partial charge in [0.2, 0.25) is 0 Å². The molecule has 0 aliphatic carbocycles. The fourth-order valence-corrected chi connectivity index (χ4v) is 1.95. The molecule has 2 aliphatic rings. The van der Waals surface area contributed by atoms with E-state index in [0.29, 0.717) is 6.54 Å². The summed E-state index contributed by atoms with van der Waals surface area (Å²) < 4.78 is 75.0. The van der Waals surface area contributed by atoms with Crippen molar-refractivity contribution in [3.8, 4) is 0 Å². The number of carbonyl (C=O) groups is 2. The number of carboxylic acid groups (broad SMARTS) is 1. The summed E-state index contributed by atoms with van der Waals surface area (Å²) in [6.45, 7) is 0.666. The molecule has 0 fully saturated rings. The van der Waals surface area contributed by atoms with E-state index in [1.807, 2.05) is 0 Å². The molecule has 2 unspecified atom stereocenters. The Kier molecular flexibility index (Phi) is 6.00. The Hall–Kier alpha value is -2.08. The molecule has 0 spiro atoms. The first kappa shape index (κ1) is 20.0. The van der Waals surface area contributed by atoms with Gasteiger partial charge in [0.1, 0.15) is 18.2 Å². The summed E-state index contributed by atoms with van der Waals surface area (Å²) in [6, 6.07) is 0. The van der Waals surface area contributed by atoms with Gasteiger partial charge >= 0.3 is 12.4 Å². The van der Waals surface area contributed by atoms with Crippen LogP contribution in [0.25, 0.3) is 0 Å². The maximum absolute atomic E-state index is 12.8. The Morgan fingerprint density at radius 3 is 2.08 bits per heavy atom. The van der Waals surface area contributed by atoms with Gasteiger partial charge < -0.3 is 25.7 Å². The van der Waals surface area contributed by atoms with E-state index in [0.717, 1.165) is 0 Å². The summed E-state index contributed by atoms with van der Waals surface area (Å²) in [7, 11) is 0. The molecular weight excluding hydrogens is 350 g/mol. The molecular formula is C12H12F6N2O4. The number of carbonyl (C=O) groups excluding carboxylic acids is 2. The number of rotatable bonds is 3. The highest BCUT2D eigenvalue weighted by Crippen LogP contribution is 2.43. The summed E-state index contributed by atoms with van der Waals surface area (Å²) in [5, 5.41) is 11.2. The van der Waals surface area contributed by atoms with Crippen LogP contribution in [0.3, 0.4) is 0 Å². The van der Waals surface area contributed by atoms with Crippen LogP contribution in [0.1, 0.15) is 0 Å². The summed E-state index contributed by atoms with van der Waals surface area (Å²) in [6.07, 6.45) is -8.95. The number of hydrogen-bond acceptors (Lipinski definition) is 4. The van der Waals surface area contributed by atoms with Crippen molar-refractivity contribution in [1.29, 1.82) is 0 Å². The van der Waals surface area contributed by atoms with Gasteiger partial charge in [-0.1, -0.05) is 12.2 Å². The first-order valence-electron chi connectivity index (χ1n) is 6.40. The van der Waals surface area contributed by atoms with Crippen LogP contribution in [0.15, 0.2) is 23.3 Å². The van der Waals surface area contributed by atoms with Gasteiger partial charge in [0.25, 0.3) is 5.91 Å². The van der Waals surface area contributed by atoms with Crippen LogP contribution in [0.2, 0.25) is 0 Å². The lowest BCUT2D eigenvalue weighted by Crippen LogP contribution is -2.55. The van der Waals surface area contributed by atoms with Crippen LogP contribution in [-0.2, 0) is 14.3 Å². The maximum atomic E-state index is 12.8. The third-order valence-corrected chi connectivity index (χ3v) is 2.86. The van der Waals surface area contributed by atoms with E-state index in [1.165, 1.54) is 12.2 Å². The first-order chi connectivity index (χ1) is 10.9. The molecule has 0 aromatic rings. The van der Waals surface area contributed by atoms with E-state index >= 15 is 0 Å². The van der Waals surface area contributed by atoms with Crippen LogP contribution < -0.4 is 16.2 Å². The molecule has 0 saturated heterocycles. The molecule has 2 aliphatic heterocycles. The third-order valence-electron chi connectivity index (χ3n) is 2.86. The first-order valence-corrected chi connectivity index (χ1v) is 6.40. The molecule has 4 N–H and O–H groups in total. The quantitative estimate of drug-likeness (QED) is 0.488. The Morgan fingerprint density at radius 2 is 1.67 bits per heavy atom. The number of quaternary nitrogens is 1. The number of hydrogen-bond donors (Lipinski definition) is 2. The zero-order valence-electron chi connectivity index (χ0n) is 11.8. The lowest BCUT2D eigenvalue weighted by atomic mass is 9.96. The average Bonchev–Trinajstić information content (AvgIpc) is 3.04. The van der Waals surface area contributed by atoms with Crippen molar-refractivity contribution in [2.75, 3.05) is 13.1 Å². The molecule has 24 heavy (non-hydrogen) atoms. The Morgan fingerprint density at radius 1 is 1.17 bits per heavy atom. The minimum absolute atomic E-state index is 0.245. The Bertz CT molecular complexity index is 567. The van der Waals surface area contributed by atoms with E-state index in [9.17, 15) is 31.1 Å². The second-order valence-corrected chi connectivity index (χ2v) is 4.58. The van der Waals surface area contributed by atoms with E-state index < -0.39 is 42.0 Å². The highest BCUT2D eigenvalue weighted by molar-refractivity contribution is 5.97. The predicted molar refractivity (Wildman–Crippen MR) is 62.7 cm³/mol. The Labute approximate surface area is 130 Å². The fourth-order valence-electron chi connectivity index (χ4n) is 1.95. The Balaban J connectivity index is 0.000000351. The molecule has 1 amide bonds. The van der Waals surface area contributed by atoms with Gasteiger partial charge in [-0.3, -0.25) is 4.79 Å². The molecule has 2 heterocycles. The second-order valence-electron chi connectivity index (χ2n) is 4.58. The summed E-state index contributed by atoms with van der Waals surface area (Å²) in [4.78, 5) is 20.4. The van der Waals surface area contributed by atoms with Crippen LogP contribution in [0, 0.1) is 0 Å². The summed E-state index contributed by atoms with van der Waals surface area (Å²) in [5.41, 5.74) is 2.30. The van der Waals surface area contributed by atoms with Crippen molar-refractivity contribution < 1.29 is 51.5 Å². The topological polar surface area (TPSA) is 106 Å². The second kappa shape index (κ2) is 7.21. The van der Waals surface area contributed by atoms with E-state index in [-0.39, 0.29) is 12.1 Å². The molecule has 0 saturated carbocycles. The van der Waals surface area contributed by atoms with Gasteiger partial charge in [0, 0.05) is 0 Å². The van der Waals surface area contributed by atoms with Crippen LogP contribution in [0.5, 0.6) is 0 Å². The number of fused-ring (bicyclic) bond motifs is 2. The van der Waals surface area contributed by atoms with E-state index in [4.69, 9.17) is 14.6 Å². The standard InChI is InChI=1S/C10H11F3N2O2.C2HF3O2/c11-10(12,13)8-6-2-1-5(17-6)7(8)9(16)15-4-3-14;3-2(4,5)1(6)7/h1-2,5-6H,3-4,14H2,(H,15,16);(H,6,7). The number of ether oxygens (including phenoxy) is 1. The third kappa shape index (κ3) is 4.71. The maximum Gasteiger partial charge on any atom is 0.430 e. The van der Waals surface area contributed by atoms with Gasteiger partial charge in [-0.2, -0.15) is 26.3 Å². The van der Waals surface area contributed by atoms with Gasteiger partial charge in [0.05, 0.1) is 24.2 Å². The fraction of sp³-hybridized carbons (Fsp3) is 0.500. The number of nitrogens with one attached hydrogen (secondary N) is 1. The zero-order chi connectivity index (χ0) is 18.7. The lowest BCUT2D eigenvalue weighted by molar-refractivity contribution is -0.364. The van der Waals surface area contributed by atoms with Crippen LogP contribution in [0.4, 0.5) is 26.3 Å². The van der Waals surface area contributed by atoms with Crippen LogP contribution in [-0.4, -0.2) is 49.5 Å². The molecule has 2 atom stereocenters. The van der Waals surface area contributed by atoms with Gasteiger partial charge in [0.15, 0.2) is 0 Å². The van der Waals surface area contributed by atoms with Crippen molar-refractivity contribution in [2.45, 2.75) is 24.6 Å². The minimum Gasteiger partial charge on any atom is -0.542 e. The van der Waals surface area contributed by atoms with Crippen LogP contribution >= 0.6 is 0 Å². The number of halogens is 6. The van der Waals surface area contributed by atoms with Crippen molar-refractivity contribution in [3.05, 3.63) is 23.3 Å². The SMILES string of the molecule is O=C([O-])C(F)(F)F.[NH3+]CCNC(=O)C1=C(C(F)(F)F)C2C=CC1O2.